The first-order valence-corrected chi connectivity index (χ1v) is 6.43. The van der Waals surface area contributed by atoms with E-state index in [0.29, 0.717) is 52.9 Å². The molecule has 0 unspecified atom stereocenters. The predicted molar refractivity (Wildman–Crippen MR) is 68.7 cm³/mol. The summed E-state index contributed by atoms with van der Waals surface area (Å²) < 4.78 is 29.5. The van der Waals surface area contributed by atoms with E-state index in [0.717, 1.165) is 0 Å². The first kappa shape index (κ1) is 19.1. The molecule has 0 spiro atoms. The second-order valence-electron chi connectivity index (χ2n) is 3.48. The number of hydrogen-bond acceptors (Lipinski definition) is 8. The average Bonchev–Trinajstić information content (AvgIpc) is 2.47. The van der Waals surface area contributed by atoms with Gasteiger partial charge in [-0.3, -0.25) is 0 Å². The second-order valence-corrected chi connectivity index (χ2v) is 3.48. The van der Waals surface area contributed by atoms with Gasteiger partial charge in [0.05, 0.1) is 66.6 Å². The Morgan fingerprint density at radius 3 is 1.55 bits per heavy atom. The molecule has 0 heterocycles. The van der Waals surface area contributed by atoms with Crippen LogP contribution in [0.2, 0.25) is 0 Å². The van der Waals surface area contributed by atoms with Gasteiger partial charge in [0.2, 0.25) is 0 Å². The Balaban J connectivity index is 2.97. The minimum Gasteiger partial charge on any atom is -0.438 e. The first-order chi connectivity index (χ1) is 9.81. The molecule has 0 rings (SSSR count). The van der Waals surface area contributed by atoms with Crippen LogP contribution >= 0.6 is 0 Å². The molecule has 0 aliphatic heterocycles. The van der Waals surface area contributed by atoms with E-state index < -0.39 is 6.16 Å². The van der Waals surface area contributed by atoms with Crippen LogP contribution in [0, 0.1) is 0 Å². The van der Waals surface area contributed by atoms with Crippen molar-refractivity contribution in [3.8, 4) is 0 Å². The van der Waals surface area contributed by atoms with Crippen molar-refractivity contribution >= 4 is 6.16 Å². The molecule has 0 fully saturated rings. The summed E-state index contributed by atoms with van der Waals surface area (Å²) >= 11 is 0. The summed E-state index contributed by atoms with van der Waals surface area (Å²) in [7, 11) is 1.25. The molecule has 1 N–H and O–H groups in total. The number of carbonyl (C=O) groups is 1. The average molecular weight is 296 g/mol. The highest BCUT2D eigenvalue weighted by molar-refractivity contribution is 5.59. The fourth-order valence-corrected chi connectivity index (χ4v) is 1.07. The molecule has 0 saturated heterocycles. The van der Waals surface area contributed by atoms with E-state index in [4.69, 9.17) is 24.1 Å². The van der Waals surface area contributed by atoms with E-state index in [2.05, 4.69) is 9.47 Å². The van der Waals surface area contributed by atoms with Crippen LogP contribution in [0.3, 0.4) is 0 Å². The zero-order valence-electron chi connectivity index (χ0n) is 11.9. The Morgan fingerprint density at radius 1 is 0.750 bits per heavy atom. The molecule has 0 radical (unpaired) electrons. The highest BCUT2D eigenvalue weighted by Crippen LogP contribution is 1.85. The van der Waals surface area contributed by atoms with Gasteiger partial charge in [0.15, 0.2) is 0 Å². The van der Waals surface area contributed by atoms with Gasteiger partial charge in [-0.1, -0.05) is 0 Å². The lowest BCUT2D eigenvalue weighted by Crippen LogP contribution is -2.14. The summed E-state index contributed by atoms with van der Waals surface area (Å²) in [5, 5.41) is 8.45. The van der Waals surface area contributed by atoms with Crippen molar-refractivity contribution in [2.75, 3.05) is 73.2 Å². The molecular weight excluding hydrogens is 272 g/mol. The predicted octanol–water partition coefficient (Wildman–Crippen LogP) is -0.172. The number of carbonyl (C=O) groups excluding carboxylic acids is 1. The quantitative estimate of drug-likeness (QED) is 0.349. The van der Waals surface area contributed by atoms with Crippen molar-refractivity contribution in [3.05, 3.63) is 0 Å². The molecule has 0 aliphatic carbocycles. The van der Waals surface area contributed by atoms with Crippen LogP contribution in [0.25, 0.3) is 0 Å². The summed E-state index contributed by atoms with van der Waals surface area (Å²) in [4.78, 5) is 10.6. The third kappa shape index (κ3) is 15.1. The van der Waals surface area contributed by atoms with E-state index in [9.17, 15) is 4.79 Å². The number of ether oxygens (including phenoxy) is 6. The van der Waals surface area contributed by atoms with E-state index in [1.165, 1.54) is 7.11 Å². The van der Waals surface area contributed by atoms with Crippen molar-refractivity contribution in [1.82, 2.24) is 0 Å². The number of aliphatic hydroxyl groups excluding tert-OH is 1. The molecule has 0 bridgehead atoms. The number of aliphatic hydroxyl groups is 1. The van der Waals surface area contributed by atoms with Crippen LogP contribution in [-0.2, 0) is 28.4 Å². The van der Waals surface area contributed by atoms with Gasteiger partial charge in [-0.2, -0.15) is 0 Å². The van der Waals surface area contributed by atoms with Crippen LogP contribution in [0.15, 0.2) is 0 Å². The van der Waals surface area contributed by atoms with Crippen LogP contribution in [0.4, 0.5) is 4.79 Å². The molecule has 20 heavy (non-hydrogen) atoms. The van der Waals surface area contributed by atoms with Crippen LogP contribution in [0.1, 0.15) is 0 Å². The van der Waals surface area contributed by atoms with Crippen LogP contribution in [0.5, 0.6) is 0 Å². The molecule has 0 aromatic rings. The Morgan fingerprint density at radius 2 is 1.15 bits per heavy atom. The molecule has 8 nitrogen and oxygen atoms in total. The van der Waals surface area contributed by atoms with Crippen molar-refractivity contribution in [2.45, 2.75) is 0 Å². The third-order valence-electron chi connectivity index (χ3n) is 1.97. The minimum atomic E-state index is -0.718. The summed E-state index contributed by atoms with van der Waals surface area (Å²) in [5.74, 6) is 0. The van der Waals surface area contributed by atoms with Crippen molar-refractivity contribution in [2.24, 2.45) is 0 Å². The van der Waals surface area contributed by atoms with Gasteiger partial charge in [-0.05, 0) is 0 Å². The summed E-state index contributed by atoms with van der Waals surface area (Å²) in [5.41, 5.74) is 0. The molecule has 120 valence electrons. The Bertz CT molecular complexity index is 212. The highest BCUT2D eigenvalue weighted by Gasteiger charge is 1.98. The van der Waals surface area contributed by atoms with E-state index in [1.54, 1.807) is 0 Å². The van der Waals surface area contributed by atoms with Crippen LogP contribution in [-0.4, -0.2) is 84.4 Å². The summed E-state index contributed by atoms with van der Waals surface area (Å²) in [6, 6.07) is 0. The largest absolute Gasteiger partial charge is 0.508 e. The molecule has 0 aromatic carbocycles. The fourth-order valence-electron chi connectivity index (χ4n) is 1.07. The van der Waals surface area contributed by atoms with Crippen molar-refractivity contribution in [3.63, 3.8) is 0 Å². The van der Waals surface area contributed by atoms with E-state index >= 15 is 0 Å². The van der Waals surface area contributed by atoms with Gasteiger partial charge < -0.3 is 33.5 Å². The summed E-state index contributed by atoms with van der Waals surface area (Å²) in [6.45, 7) is 3.57. The van der Waals surface area contributed by atoms with Crippen LogP contribution < -0.4 is 0 Å². The standard InChI is InChI=1S/C12H24O8/c1-15-12(14)20-11-10-19-9-8-18-7-6-17-5-4-16-3-2-13/h13H,2-11H2,1H3. The molecule has 0 aromatic heterocycles. The van der Waals surface area contributed by atoms with Gasteiger partial charge in [-0.25, -0.2) is 4.79 Å². The van der Waals surface area contributed by atoms with E-state index in [-0.39, 0.29) is 13.2 Å². The lowest BCUT2D eigenvalue weighted by Gasteiger charge is -2.07. The maximum Gasteiger partial charge on any atom is 0.508 e. The number of methoxy groups -OCH3 is 1. The van der Waals surface area contributed by atoms with Crippen molar-refractivity contribution in [1.29, 1.82) is 0 Å². The first-order valence-electron chi connectivity index (χ1n) is 6.43. The molecule has 0 amide bonds. The molecule has 0 atom stereocenters. The fraction of sp³-hybridized carbons (Fsp3) is 0.917. The second kappa shape index (κ2) is 16.1. The summed E-state index contributed by atoms with van der Waals surface area (Å²) in [6.07, 6.45) is -0.718. The van der Waals surface area contributed by atoms with Gasteiger partial charge in [0, 0.05) is 0 Å². The maximum absolute atomic E-state index is 10.6. The normalized spacial score (nSPS) is 10.5. The van der Waals surface area contributed by atoms with Gasteiger partial charge in [-0.15, -0.1) is 0 Å². The number of hydrogen-bond donors (Lipinski definition) is 1. The Labute approximate surface area is 118 Å². The van der Waals surface area contributed by atoms with E-state index in [1.807, 2.05) is 0 Å². The minimum absolute atomic E-state index is 0.0216. The van der Waals surface area contributed by atoms with Gasteiger partial charge >= 0.3 is 6.16 Å². The SMILES string of the molecule is COC(=O)OCCOCCOCCOCCOCCO. The number of rotatable bonds is 14. The molecular formula is C12H24O8. The maximum atomic E-state index is 10.6. The van der Waals surface area contributed by atoms with Gasteiger partial charge in [0.25, 0.3) is 0 Å². The lowest BCUT2D eigenvalue weighted by atomic mass is 10.7. The zero-order chi connectivity index (χ0) is 14.9. The Kier molecular flexibility index (Phi) is 15.4. The van der Waals surface area contributed by atoms with Gasteiger partial charge in [0.1, 0.15) is 6.61 Å². The molecule has 0 aliphatic rings. The third-order valence-corrected chi connectivity index (χ3v) is 1.97. The molecule has 0 saturated carbocycles. The zero-order valence-corrected chi connectivity index (χ0v) is 11.9. The van der Waals surface area contributed by atoms with Crippen molar-refractivity contribution < 1.29 is 38.3 Å². The topological polar surface area (TPSA) is 92.7 Å². The highest BCUT2D eigenvalue weighted by atomic mass is 16.7. The lowest BCUT2D eigenvalue weighted by molar-refractivity contribution is -0.0121. The Hall–Kier alpha value is -0.930. The smallest absolute Gasteiger partial charge is 0.438 e. The molecule has 8 heteroatoms. The monoisotopic (exact) mass is 296 g/mol.